The van der Waals surface area contributed by atoms with Crippen LogP contribution in [-0.4, -0.2) is 61.1 Å². The van der Waals surface area contributed by atoms with Crippen LogP contribution in [0.25, 0.3) is 0 Å². The third kappa shape index (κ3) is 3.14. The molecule has 0 aromatic carbocycles. The van der Waals surface area contributed by atoms with Crippen molar-refractivity contribution < 1.29 is 9.53 Å². The van der Waals surface area contributed by atoms with Crippen molar-refractivity contribution in [3.8, 4) is 0 Å². The van der Waals surface area contributed by atoms with E-state index in [-0.39, 0.29) is 5.92 Å². The Balaban J connectivity index is 1.39. The number of carbonyl (C=O) groups is 1. The van der Waals surface area contributed by atoms with E-state index in [1.807, 2.05) is 11.3 Å². The van der Waals surface area contributed by atoms with Gasteiger partial charge in [-0.25, -0.2) is 0 Å². The summed E-state index contributed by atoms with van der Waals surface area (Å²) in [6.07, 6.45) is 2.21. The molecule has 4 nitrogen and oxygen atoms in total. The average Bonchev–Trinajstić information content (AvgIpc) is 3.09. The van der Waals surface area contributed by atoms with Crippen LogP contribution in [0.4, 0.5) is 0 Å². The van der Waals surface area contributed by atoms with E-state index in [0.717, 1.165) is 52.2 Å². The minimum atomic E-state index is 0.240. The number of rotatable bonds is 4. The van der Waals surface area contributed by atoms with Crippen molar-refractivity contribution in [1.29, 1.82) is 0 Å². The largest absolute Gasteiger partial charge is 0.379 e. The summed E-state index contributed by atoms with van der Waals surface area (Å²) in [5.41, 5.74) is 0. The molecule has 0 bridgehead atoms. The van der Waals surface area contributed by atoms with E-state index in [1.165, 1.54) is 9.75 Å². The fraction of sp³-hybridized carbons (Fsp3) is 0.737. The van der Waals surface area contributed by atoms with Gasteiger partial charge in [0.2, 0.25) is 5.91 Å². The third-order valence-corrected chi connectivity index (χ3v) is 7.12. The Morgan fingerprint density at radius 3 is 2.75 bits per heavy atom. The van der Waals surface area contributed by atoms with Crippen LogP contribution in [0.1, 0.15) is 35.4 Å². The average molecular weight is 349 g/mol. The van der Waals surface area contributed by atoms with E-state index in [2.05, 4.69) is 35.8 Å². The summed E-state index contributed by atoms with van der Waals surface area (Å²) >= 11 is 1.86. The van der Waals surface area contributed by atoms with Gasteiger partial charge in [-0.15, -0.1) is 11.3 Å². The van der Waals surface area contributed by atoms with Crippen molar-refractivity contribution in [1.82, 2.24) is 9.80 Å². The monoisotopic (exact) mass is 348 g/mol. The lowest BCUT2D eigenvalue weighted by Gasteiger charge is -2.34. The van der Waals surface area contributed by atoms with Gasteiger partial charge in [-0.3, -0.25) is 9.69 Å². The van der Waals surface area contributed by atoms with E-state index >= 15 is 0 Å². The summed E-state index contributed by atoms with van der Waals surface area (Å²) in [5, 5.41) is 0. The van der Waals surface area contributed by atoms with Crippen LogP contribution in [-0.2, 0) is 9.53 Å². The number of aryl methyl sites for hydroxylation is 1. The molecule has 0 unspecified atom stereocenters. The zero-order valence-electron chi connectivity index (χ0n) is 14.7. The Kier molecular flexibility index (Phi) is 4.67. The quantitative estimate of drug-likeness (QED) is 0.839. The van der Waals surface area contributed by atoms with Crippen LogP contribution in [0.2, 0.25) is 0 Å². The molecule has 0 N–H and O–H groups in total. The van der Waals surface area contributed by atoms with Gasteiger partial charge in [0, 0.05) is 53.8 Å². The molecule has 4 atom stereocenters. The first-order valence-electron chi connectivity index (χ1n) is 9.34. The molecule has 1 saturated carbocycles. The van der Waals surface area contributed by atoms with Crippen molar-refractivity contribution in [2.45, 2.75) is 38.6 Å². The van der Waals surface area contributed by atoms with E-state index in [9.17, 15) is 4.79 Å². The van der Waals surface area contributed by atoms with Gasteiger partial charge in [0.15, 0.2) is 0 Å². The Labute approximate surface area is 148 Å². The first-order chi connectivity index (χ1) is 11.7. The summed E-state index contributed by atoms with van der Waals surface area (Å²) < 4.78 is 5.49. The summed E-state index contributed by atoms with van der Waals surface area (Å²) in [6, 6.07) is 4.92. The predicted molar refractivity (Wildman–Crippen MR) is 96.4 cm³/mol. The lowest BCUT2D eigenvalue weighted by molar-refractivity contribution is -0.131. The standard InChI is InChI=1S/C19H28N2O2S/c1-3-14-11-21(12-17(14)20-6-8-23-9-7-20)19(22)16-10-15(16)18-5-4-13(2)24-18/h4-5,14-17H,3,6-12H2,1-2H3/t14-,15-,16-,17+/m1/s1. The minimum Gasteiger partial charge on any atom is -0.379 e. The van der Waals surface area contributed by atoms with Gasteiger partial charge < -0.3 is 9.64 Å². The lowest BCUT2D eigenvalue weighted by Crippen LogP contribution is -2.47. The zero-order valence-corrected chi connectivity index (χ0v) is 15.6. The van der Waals surface area contributed by atoms with Crippen LogP contribution in [0, 0.1) is 18.8 Å². The molecule has 3 aliphatic rings. The van der Waals surface area contributed by atoms with E-state index in [4.69, 9.17) is 4.74 Å². The van der Waals surface area contributed by atoms with Gasteiger partial charge in [-0.2, -0.15) is 0 Å². The van der Waals surface area contributed by atoms with Gasteiger partial charge in [0.25, 0.3) is 0 Å². The molecule has 1 aliphatic carbocycles. The van der Waals surface area contributed by atoms with Crippen molar-refractivity contribution in [3.63, 3.8) is 0 Å². The highest BCUT2D eigenvalue weighted by atomic mass is 32.1. The molecule has 24 heavy (non-hydrogen) atoms. The number of nitrogens with zero attached hydrogens (tertiary/aromatic N) is 2. The number of hydrogen-bond donors (Lipinski definition) is 0. The van der Waals surface area contributed by atoms with Gasteiger partial charge in [-0.05, 0) is 31.4 Å². The molecule has 1 amide bonds. The molecule has 3 heterocycles. The first-order valence-corrected chi connectivity index (χ1v) is 10.2. The fourth-order valence-corrected chi connectivity index (χ4v) is 5.48. The van der Waals surface area contributed by atoms with Crippen molar-refractivity contribution in [2.75, 3.05) is 39.4 Å². The Morgan fingerprint density at radius 1 is 1.29 bits per heavy atom. The number of likely N-dealkylation sites (tertiary alicyclic amines) is 1. The normalized spacial score (nSPS) is 33.8. The highest BCUT2D eigenvalue weighted by Crippen LogP contribution is 2.51. The molecule has 5 heteroatoms. The Morgan fingerprint density at radius 2 is 2.08 bits per heavy atom. The third-order valence-electron chi connectivity index (χ3n) is 5.99. The van der Waals surface area contributed by atoms with Crippen molar-refractivity contribution in [3.05, 3.63) is 21.9 Å². The van der Waals surface area contributed by atoms with Crippen LogP contribution in [0.5, 0.6) is 0 Å². The highest BCUT2D eigenvalue weighted by molar-refractivity contribution is 7.12. The molecule has 0 spiro atoms. The topological polar surface area (TPSA) is 32.8 Å². The first kappa shape index (κ1) is 16.6. The number of hydrogen-bond acceptors (Lipinski definition) is 4. The molecule has 1 aromatic heterocycles. The molecular formula is C19H28N2O2S. The second-order valence-corrected chi connectivity index (χ2v) is 8.84. The van der Waals surface area contributed by atoms with Crippen molar-refractivity contribution in [2.24, 2.45) is 11.8 Å². The van der Waals surface area contributed by atoms with Gasteiger partial charge in [0.1, 0.15) is 0 Å². The van der Waals surface area contributed by atoms with Crippen LogP contribution >= 0.6 is 11.3 Å². The number of morpholine rings is 1. The molecule has 2 saturated heterocycles. The van der Waals surface area contributed by atoms with Crippen LogP contribution < -0.4 is 0 Å². The van der Waals surface area contributed by atoms with Crippen LogP contribution in [0.3, 0.4) is 0 Å². The number of thiophene rings is 1. The Bertz CT molecular complexity index is 596. The fourth-order valence-electron chi connectivity index (χ4n) is 4.43. The van der Waals surface area contributed by atoms with Crippen LogP contribution in [0.15, 0.2) is 12.1 Å². The summed E-state index contributed by atoms with van der Waals surface area (Å²) in [7, 11) is 0. The lowest BCUT2D eigenvalue weighted by atomic mass is 9.99. The maximum Gasteiger partial charge on any atom is 0.226 e. The van der Waals surface area contributed by atoms with E-state index in [1.54, 1.807) is 0 Å². The highest BCUT2D eigenvalue weighted by Gasteiger charge is 2.49. The molecule has 3 fully saturated rings. The van der Waals surface area contributed by atoms with Gasteiger partial charge in [-0.1, -0.05) is 13.3 Å². The van der Waals surface area contributed by atoms with E-state index in [0.29, 0.717) is 23.8 Å². The number of ether oxygens (including phenoxy) is 1. The second-order valence-electron chi connectivity index (χ2n) is 7.52. The summed E-state index contributed by atoms with van der Waals surface area (Å²) in [6.45, 7) is 9.99. The summed E-state index contributed by atoms with van der Waals surface area (Å²) in [5.74, 6) is 1.75. The molecule has 1 aromatic rings. The zero-order chi connectivity index (χ0) is 16.7. The molecular weight excluding hydrogens is 320 g/mol. The smallest absolute Gasteiger partial charge is 0.226 e. The second kappa shape index (κ2) is 6.77. The maximum absolute atomic E-state index is 13.0. The minimum absolute atomic E-state index is 0.240. The van der Waals surface area contributed by atoms with E-state index < -0.39 is 0 Å². The summed E-state index contributed by atoms with van der Waals surface area (Å²) in [4.78, 5) is 20.4. The Hall–Kier alpha value is -0.910. The molecule has 2 aliphatic heterocycles. The molecule has 132 valence electrons. The maximum atomic E-state index is 13.0. The van der Waals surface area contributed by atoms with Gasteiger partial charge in [0.05, 0.1) is 13.2 Å². The van der Waals surface area contributed by atoms with Gasteiger partial charge >= 0.3 is 0 Å². The SMILES string of the molecule is CC[C@@H]1CN(C(=O)[C@@H]2C[C@H]2c2ccc(C)s2)C[C@@H]1N1CCOCC1. The van der Waals surface area contributed by atoms with Crippen molar-refractivity contribution >= 4 is 17.2 Å². The number of amides is 1. The predicted octanol–water partition coefficient (Wildman–Crippen LogP) is 2.73. The number of carbonyl (C=O) groups excluding carboxylic acids is 1. The molecule has 0 radical (unpaired) electrons. The molecule has 4 rings (SSSR count).